The largest absolute Gasteiger partial charge is 0.466 e. The van der Waals surface area contributed by atoms with Crippen LogP contribution < -0.4 is 5.32 Å². The van der Waals surface area contributed by atoms with Crippen LogP contribution in [0.5, 0.6) is 0 Å². The van der Waals surface area contributed by atoms with Crippen LogP contribution in [0.15, 0.2) is 54.6 Å². The molecule has 0 unspecified atom stereocenters. The molecule has 4 nitrogen and oxygen atoms in total. The van der Waals surface area contributed by atoms with Crippen LogP contribution in [0.1, 0.15) is 42.1 Å². The summed E-state index contributed by atoms with van der Waals surface area (Å²) in [5.41, 5.74) is 2.79. The Morgan fingerprint density at radius 3 is 2.62 bits per heavy atom. The molecule has 1 amide bonds. The summed E-state index contributed by atoms with van der Waals surface area (Å²) in [6, 6.07) is 12.1. The Bertz CT molecular complexity index is 880. The Balaban J connectivity index is 1.75. The van der Waals surface area contributed by atoms with Crippen molar-refractivity contribution in [1.29, 1.82) is 0 Å². The molecule has 0 spiro atoms. The minimum atomic E-state index is -0.227. The Labute approximate surface area is 153 Å². The zero-order valence-electron chi connectivity index (χ0n) is 15.0. The summed E-state index contributed by atoms with van der Waals surface area (Å²) >= 11 is 0. The maximum Gasteiger partial charge on any atom is 0.305 e. The minimum Gasteiger partial charge on any atom is -0.466 e. The highest BCUT2D eigenvalue weighted by Gasteiger charge is 2.16. The van der Waals surface area contributed by atoms with Crippen molar-refractivity contribution < 1.29 is 14.3 Å². The van der Waals surface area contributed by atoms with Crippen molar-refractivity contribution in [2.75, 3.05) is 13.2 Å². The minimum absolute atomic E-state index is 0.109. The number of allylic oxidation sites excluding steroid dienone is 4. The van der Waals surface area contributed by atoms with Gasteiger partial charge in [-0.1, -0.05) is 42.5 Å². The predicted octanol–water partition coefficient (Wildman–Crippen LogP) is 4.26. The van der Waals surface area contributed by atoms with Crippen LogP contribution >= 0.6 is 0 Å². The molecule has 4 heteroatoms. The number of ether oxygens (including phenoxy) is 1. The van der Waals surface area contributed by atoms with Gasteiger partial charge in [-0.2, -0.15) is 0 Å². The third-order valence-corrected chi connectivity index (χ3v) is 4.40. The Morgan fingerprint density at radius 2 is 1.92 bits per heavy atom. The molecular formula is C22H23NO3. The summed E-state index contributed by atoms with van der Waals surface area (Å²) in [5, 5.41) is 5.09. The molecule has 0 saturated carbocycles. The van der Waals surface area contributed by atoms with E-state index in [2.05, 4.69) is 29.6 Å². The summed E-state index contributed by atoms with van der Waals surface area (Å²) < 4.78 is 4.90. The first kappa shape index (κ1) is 17.9. The van der Waals surface area contributed by atoms with Gasteiger partial charge >= 0.3 is 5.97 Å². The van der Waals surface area contributed by atoms with Gasteiger partial charge in [0.1, 0.15) is 0 Å². The molecule has 1 N–H and O–H groups in total. The van der Waals surface area contributed by atoms with Crippen LogP contribution in [0.4, 0.5) is 0 Å². The lowest BCUT2D eigenvalue weighted by molar-refractivity contribution is -0.143. The number of nitrogens with one attached hydrogen (secondary N) is 1. The fourth-order valence-corrected chi connectivity index (χ4v) is 3.10. The van der Waals surface area contributed by atoms with Crippen LogP contribution in [0.2, 0.25) is 0 Å². The van der Waals surface area contributed by atoms with Crippen molar-refractivity contribution in [1.82, 2.24) is 5.32 Å². The number of rotatable bonds is 7. The lowest BCUT2D eigenvalue weighted by Crippen LogP contribution is -2.26. The topological polar surface area (TPSA) is 55.4 Å². The van der Waals surface area contributed by atoms with Crippen molar-refractivity contribution in [3.05, 3.63) is 65.8 Å². The second kappa shape index (κ2) is 8.48. The first-order valence-electron chi connectivity index (χ1n) is 9.01. The smallest absolute Gasteiger partial charge is 0.305 e. The van der Waals surface area contributed by atoms with Crippen molar-refractivity contribution >= 4 is 28.2 Å². The standard InChI is InChI=1S/C22H23NO3/c1-2-26-21(24)12-7-13-23-22(25)20-15-18-11-6-5-10-17(18)14-19(20)16-8-3-4-9-16/h3-6,8,10-11,14-15H,2,7,9,12-13H2,1H3,(H,23,25). The van der Waals surface area contributed by atoms with Crippen LogP contribution in [0.3, 0.4) is 0 Å². The molecule has 2 aromatic rings. The molecule has 0 heterocycles. The average Bonchev–Trinajstić information content (AvgIpc) is 3.19. The van der Waals surface area contributed by atoms with Gasteiger partial charge in [0.15, 0.2) is 0 Å². The number of fused-ring (bicyclic) bond motifs is 1. The van der Waals surface area contributed by atoms with Gasteiger partial charge in [-0.25, -0.2) is 0 Å². The first-order valence-corrected chi connectivity index (χ1v) is 9.01. The van der Waals surface area contributed by atoms with E-state index in [1.54, 1.807) is 6.92 Å². The fourth-order valence-electron chi connectivity index (χ4n) is 3.10. The second-order valence-electron chi connectivity index (χ2n) is 6.23. The highest BCUT2D eigenvalue weighted by Crippen LogP contribution is 2.30. The van der Waals surface area contributed by atoms with Gasteiger partial charge in [0.2, 0.25) is 0 Å². The van der Waals surface area contributed by atoms with Crippen LogP contribution in [0.25, 0.3) is 16.3 Å². The Morgan fingerprint density at radius 1 is 1.15 bits per heavy atom. The summed E-state index contributed by atoms with van der Waals surface area (Å²) in [4.78, 5) is 24.1. The van der Waals surface area contributed by atoms with Gasteiger partial charge in [0.05, 0.1) is 6.61 Å². The maximum atomic E-state index is 12.8. The van der Waals surface area contributed by atoms with E-state index in [-0.39, 0.29) is 11.9 Å². The lowest BCUT2D eigenvalue weighted by Gasteiger charge is -2.13. The number of esters is 1. The number of carbonyl (C=O) groups excluding carboxylic acids is 2. The van der Waals surface area contributed by atoms with E-state index < -0.39 is 0 Å². The molecule has 26 heavy (non-hydrogen) atoms. The molecule has 2 aromatic carbocycles. The summed E-state index contributed by atoms with van der Waals surface area (Å²) in [6.45, 7) is 2.61. The molecule has 0 aromatic heterocycles. The van der Waals surface area contributed by atoms with Crippen LogP contribution in [-0.2, 0) is 9.53 Å². The van der Waals surface area contributed by atoms with Crippen molar-refractivity contribution in [3.63, 3.8) is 0 Å². The number of carbonyl (C=O) groups is 2. The van der Waals surface area contributed by atoms with Crippen molar-refractivity contribution in [2.24, 2.45) is 0 Å². The molecule has 1 aliphatic carbocycles. The number of amides is 1. The molecule has 0 aliphatic heterocycles. The van der Waals surface area contributed by atoms with Gasteiger partial charge in [0.25, 0.3) is 5.91 Å². The third kappa shape index (κ3) is 4.20. The molecule has 0 atom stereocenters. The first-order chi connectivity index (χ1) is 12.7. The highest BCUT2D eigenvalue weighted by atomic mass is 16.5. The van der Waals surface area contributed by atoms with E-state index in [4.69, 9.17) is 4.74 Å². The van der Waals surface area contributed by atoms with Crippen LogP contribution in [-0.4, -0.2) is 25.0 Å². The normalized spacial score (nSPS) is 12.9. The molecule has 0 fully saturated rings. The predicted molar refractivity (Wildman–Crippen MR) is 104 cm³/mol. The van der Waals surface area contributed by atoms with Gasteiger partial charge in [0, 0.05) is 18.5 Å². The monoisotopic (exact) mass is 349 g/mol. The van der Waals surface area contributed by atoms with Crippen molar-refractivity contribution in [3.8, 4) is 0 Å². The molecule has 3 rings (SSSR count). The number of benzene rings is 2. The number of hydrogen-bond donors (Lipinski definition) is 1. The van der Waals surface area contributed by atoms with E-state index in [9.17, 15) is 9.59 Å². The molecule has 0 radical (unpaired) electrons. The van der Waals surface area contributed by atoms with Crippen LogP contribution in [0, 0.1) is 0 Å². The molecular weight excluding hydrogens is 326 g/mol. The summed E-state index contributed by atoms with van der Waals surface area (Å²) in [7, 11) is 0. The summed E-state index contributed by atoms with van der Waals surface area (Å²) in [5.74, 6) is -0.335. The average molecular weight is 349 g/mol. The fraction of sp³-hybridized carbons (Fsp3) is 0.273. The quantitative estimate of drug-likeness (QED) is 0.600. The number of hydrogen-bond acceptors (Lipinski definition) is 3. The highest BCUT2D eigenvalue weighted by molar-refractivity contribution is 6.04. The van der Waals surface area contributed by atoms with Gasteiger partial charge in [-0.15, -0.1) is 0 Å². The van der Waals surface area contributed by atoms with E-state index >= 15 is 0 Å². The van der Waals surface area contributed by atoms with Gasteiger partial charge < -0.3 is 10.1 Å². The molecule has 0 saturated heterocycles. The SMILES string of the molecule is CCOC(=O)CCCNC(=O)c1cc2ccccc2cc1C1=CC=CC1. The zero-order valence-corrected chi connectivity index (χ0v) is 15.0. The van der Waals surface area contributed by atoms with E-state index in [1.807, 2.05) is 30.3 Å². The Hall–Kier alpha value is -2.88. The maximum absolute atomic E-state index is 12.8. The second-order valence-corrected chi connectivity index (χ2v) is 6.23. The van der Waals surface area contributed by atoms with E-state index in [1.165, 1.54) is 0 Å². The lowest BCUT2D eigenvalue weighted by atomic mass is 9.94. The third-order valence-electron chi connectivity index (χ3n) is 4.40. The molecule has 134 valence electrons. The summed E-state index contributed by atoms with van der Waals surface area (Å²) in [6.07, 6.45) is 7.88. The molecule has 1 aliphatic rings. The van der Waals surface area contributed by atoms with Gasteiger partial charge in [-0.05, 0) is 53.8 Å². The van der Waals surface area contributed by atoms with Crippen molar-refractivity contribution in [2.45, 2.75) is 26.2 Å². The zero-order chi connectivity index (χ0) is 18.4. The van der Waals surface area contributed by atoms with E-state index in [0.29, 0.717) is 31.6 Å². The molecule has 0 bridgehead atoms. The Kier molecular flexibility index (Phi) is 5.84. The van der Waals surface area contributed by atoms with E-state index in [0.717, 1.165) is 28.3 Å². The van der Waals surface area contributed by atoms with Gasteiger partial charge in [-0.3, -0.25) is 9.59 Å².